The molecule has 0 N–H and O–H groups in total. The van der Waals surface area contributed by atoms with Crippen molar-refractivity contribution >= 4 is 22.7 Å². The first-order chi connectivity index (χ1) is 14.7. The second-order valence-corrected chi connectivity index (χ2v) is 6.98. The third kappa shape index (κ3) is 3.22. The predicted molar refractivity (Wildman–Crippen MR) is 110 cm³/mol. The van der Waals surface area contributed by atoms with Gasteiger partial charge < -0.3 is 9.15 Å². The van der Waals surface area contributed by atoms with Gasteiger partial charge in [-0.25, -0.2) is 9.69 Å². The smallest absolute Gasteiger partial charge is 0.265 e. The van der Waals surface area contributed by atoms with Crippen molar-refractivity contribution in [2.24, 2.45) is 5.10 Å². The maximum absolute atomic E-state index is 13.2. The zero-order chi connectivity index (χ0) is 20.5. The molecular weight excluding hydrogens is 382 g/mol. The molecule has 0 aliphatic carbocycles. The van der Waals surface area contributed by atoms with Crippen LogP contribution < -0.4 is 4.74 Å². The molecular formula is C22H19N5O3. The summed E-state index contributed by atoms with van der Waals surface area (Å²) in [6, 6.07) is 18.6. The van der Waals surface area contributed by atoms with Gasteiger partial charge in [0.05, 0.1) is 24.6 Å². The Kier molecular flexibility index (Phi) is 4.51. The van der Waals surface area contributed by atoms with Gasteiger partial charge in [0.2, 0.25) is 0 Å². The number of furan rings is 1. The molecule has 1 aliphatic rings. The summed E-state index contributed by atoms with van der Waals surface area (Å²) in [4.78, 5) is 13.2. The Balaban J connectivity index is 1.45. The number of carbonyl (C=O) groups excluding carboxylic acids is 1. The topological polar surface area (TPSA) is 85.8 Å². The van der Waals surface area contributed by atoms with Gasteiger partial charge in [-0.05, 0) is 54.1 Å². The van der Waals surface area contributed by atoms with E-state index in [0.717, 1.165) is 28.1 Å². The normalized spacial score (nSPS) is 16.1. The third-order valence-corrected chi connectivity index (χ3v) is 5.17. The van der Waals surface area contributed by atoms with Gasteiger partial charge in [-0.1, -0.05) is 17.3 Å². The predicted octanol–water partition coefficient (Wildman–Crippen LogP) is 3.41. The van der Waals surface area contributed by atoms with Crippen LogP contribution in [-0.4, -0.2) is 38.7 Å². The van der Waals surface area contributed by atoms with E-state index in [0.29, 0.717) is 12.2 Å². The average molecular weight is 401 g/mol. The van der Waals surface area contributed by atoms with Crippen molar-refractivity contribution in [3.05, 3.63) is 78.3 Å². The van der Waals surface area contributed by atoms with Gasteiger partial charge in [0, 0.05) is 6.42 Å². The maximum Gasteiger partial charge on any atom is 0.265 e. The van der Waals surface area contributed by atoms with Gasteiger partial charge >= 0.3 is 0 Å². The van der Waals surface area contributed by atoms with E-state index in [1.54, 1.807) is 18.1 Å². The van der Waals surface area contributed by atoms with Crippen molar-refractivity contribution in [2.75, 3.05) is 7.11 Å². The number of hydrogen-bond donors (Lipinski definition) is 0. The Labute approximate surface area is 172 Å². The first kappa shape index (κ1) is 18.1. The zero-order valence-corrected chi connectivity index (χ0v) is 16.3. The number of para-hydroxylation sites is 1. The molecule has 0 saturated carbocycles. The molecule has 0 radical (unpaired) electrons. The highest BCUT2D eigenvalue weighted by molar-refractivity contribution is 6.03. The van der Waals surface area contributed by atoms with Crippen LogP contribution in [0, 0.1) is 0 Å². The number of hydrogen-bond acceptors (Lipinski definition) is 6. The van der Waals surface area contributed by atoms with Gasteiger partial charge in [-0.3, -0.25) is 4.79 Å². The second kappa shape index (κ2) is 7.47. The molecule has 30 heavy (non-hydrogen) atoms. The molecule has 8 heteroatoms. The summed E-state index contributed by atoms with van der Waals surface area (Å²) in [6.07, 6.45) is 2.16. The zero-order valence-electron chi connectivity index (χ0n) is 16.3. The summed E-state index contributed by atoms with van der Waals surface area (Å²) in [7, 11) is 1.63. The molecule has 4 aromatic rings. The number of carbonyl (C=O) groups is 1. The average Bonchev–Trinajstić information content (AvgIpc) is 3.53. The van der Waals surface area contributed by atoms with E-state index < -0.39 is 0 Å². The van der Waals surface area contributed by atoms with Crippen LogP contribution in [0.4, 0.5) is 0 Å². The quantitative estimate of drug-likeness (QED) is 0.512. The van der Waals surface area contributed by atoms with Crippen molar-refractivity contribution in [2.45, 2.75) is 19.0 Å². The molecule has 5 rings (SSSR count). The first-order valence-electron chi connectivity index (χ1n) is 9.58. The molecule has 0 saturated heterocycles. The Morgan fingerprint density at radius 2 is 1.97 bits per heavy atom. The number of benzene rings is 2. The Morgan fingerprint density at radius 3 is 2.73 bits per heavy atom. The van der Waals surface area contributed by atoms with E-state index in [-0.39, 0.29) is 18.5 Å². The second-order valence-electron chi connectivity index (χ2n) is 6.98. The highest BCUT2D eigenvalue weighted by atomic mass is 16.5. The molecule has 8 nitrogen and oxygen atoms in total. The molecule has 0 fully saturated rings. The van der Waals surface area contributed by atoms with Gasteiger partial charge in [0.15, 0.2) is 0 Å². The number of rotatable bonds is 5. The van der Waals surface area contributed by atoms with Crippen LogP contribution in [0.1, 0.15) is 23.8 Å². The number of nitrogens with zero attached hydrogens (tertiary/aromatic N) is 5. The lowest BCUT2D eigenvalue weighted by Gasteiger charge is -2.19. The Bertz CT molecular complexity index is 1210. The third-order valence-electron chi connectivity index (χ3n) is 5.17. The van der Waals surface area contributed by atoms with Crippen molar-refractivity contribution in [3.8, 4) is 5.75 Å². The van der Waals surface area contributed by atoms with Gasteiger partial charge in [0.25, 0.3) is 5.91 Å². The van der Waals surface area contributed by atoms with E-state index in [1.807, 2.05) is 60.7 Å². The summed E-state index contributed by atoms with van der Waals surface area (Å²) in [6.45, 7) is 0.0388. The fraction of sp³-hybridized carbons (Fsp3) is 0.182. The minimum Gasteiger partial charge on any atom is -0.497 e. The highest BCUT2D eigenvalue weighted by Crippen LogP contribution is 2.33. The summed E-state index contributed by atoms with van der Waals surface area (Å²) >= 11 is 0. The Morgan fingerprint density at radius 1 is 1.13 bits per heavy atom. The van der Waals surface area contributed by atoms with Gasteiger partial charge in [0.1, 0.15) is 29.6 Å². The molecule has 3 heterocycles. The van der Waals surface area contributed by atoms with E-state index in [1.165, 1.54) is 5.01 Å². The standard InChI is InChI=1S/C22H19N5O3/c1-29-16-10-8-15(9-11-16)18-13-20(21-7-4-12-30-21)27(24-18)22(28)14-26-19-6-3-2-5-17(19)23-25-26/h2-12,20H,13-14H2,1H3. The monoisotopic (exact) mass is 401 g/mol. The van der Waals surface area contributed by atoms with Crippen molar-refractivity contribution in [3.63, 3.8) is 0 Å². The maximum atomic E-state index is 13.2. The number of ether oxygens (including phenoxy) is 1. The first-order valence-corrected chi connectivity index (χ1v) is 9.58. The molecule has 1 amide bonds. The van der Waals surface area contributed by atoms with Crippen LogP contribution in [-0.2, 0) is 11.3 Å². The van der Waals surface area contributed by atoms with Crippen LogP contribution in [0.25, 0.3) is 11.0 Å². The highest BCUT2D eigenvalue weighted by Gasteiger charge is 2.35. The van der Waals surface area contributed by atoms with Crippen molar-refractivity contribution < 1.29 is 13.9 Å². The molecule has 2 aromatic heterocycles. The molecule has 150 valence electrons. The van der Waals surface area contributed by atoms with Crippen LogP contribution in [0.3, 0.4) is 0 Å². The lowest BCUT2D eigenvalue weighted by molar-refractivity contribution is -0.134. The lowest BCUT2D eigenvalue weighted by atomic mass is 10.0. The van der Waals surface area contributed by atoms with Crippen molar-refractivity contribution in [1.82, 2.24) is 20.0 Å². The van der Waals surface area contributed by atoms with E-state index in [4.69, 9.17) is 9.15 Å². The number of aromatic nitrogens is 3. The molecule has 0 bridgehead atoms. The van der Waals surface area contributed by atoms with Crippen LogP contribution in [0.15, 0.2) is 76.4 Å². The summed E-state index contributed by atoms with van der Waals surface area (Å²) in [5, 5.41) is 14.4. The van der Waals surface area contributed by atoms with Crippen LogP contribution in [0.5, 0.6) is 5.75 Å². The largest absolute Gasteiger partial charge is 0.497 e. The molecule has 1 aliphatic heterocycles. The van der Waals surface area contributed by atoms with Gasteiger partial charge in [-0.15, -0.1) is 5.10 Å². The Hall–Kier alpha value is -3.94. The number of hydrazone groups is 1. The van der Waals surface area contributed by atoms with Crippen LogP contribution in [0.2, 0.25) is 0 Å². The molecule has 0 spiro atoms. The summed E-state index contributed by atoms with van der Waals surface area (Å²) < 4.78 is 12.4. The van der Waals surface area contributed by atoms with Crippen molar-refractivity contribution in [1.29, 1.82) is 0 Å². The van der Waals surface area contributed by atoms with E-state index in [9.17, 15) is 4.79 Å². The molecule has 1 atom stereocenters. The minimum atomic E-state index is -0.306. The molecule has 2 aromatic carbocycles. The number of amides is 1. The summed E-state index contributed by atoms with van der Waals surface area (Å²) in [5.41, 5.74) is 3.31. The van der Waals surface area contributed by atoms with Crippen LogP contribution >= 0.6 is 0 Å². The minimum absolute atomic E-state index is 0.0388. The summed E-state index contributed by atoms with van der Waals surface area (Å²) in [5.74, 6) is 1.28. The number of methoxy groups -OCH3 is 1. The van der Waals surface area contributed by atoms with E-state index in [2.05, 4.69) is 15.4 Å². The van der Waals surface area contributed by atoms with Gasteiger partial charge in [-0.2, -0.15) is 5.10 Å². The fourth-order valence-electron chi connectivity index (χ4n) is 3.64. The fourth-order valence-corrected chi connectivity index (χ4v) is 3.64. The molecule has 1 unspecified atom stereocenters. The number of fused-ring (bicyclic) bond motifs is 1. The van der Waals surface area contributed by atoms with E-state index >= 15 is 0 Å². The lowest BCUT2D eigenvalue weighted by Crippen LogP contribution is -2.30. The SMILES string of the molecule is COc1ccc(C2=NN(C(=O)Cn3nnc4ccccc43)C(c3ccco3)C2)cc1.